The maximum Gasteiger partial charge on any atom is 0.171 e. The molecule has 0 saturated carbocycles. The van der Waals surface area contributed by atoms with Crippen LogP contribution in [0.25, 0.3) is 0 Å². The van der Waals surface area contributed by atoms with Crippen molar-refractivity contribution in [2.45, 2.75) is 13.0 Å². The highest BCUT2D eigenvalue weighted by atomic mass is 35.5. The fourth-order valence-electron chi connectivity index (χ4n) is 1.55. The molecule has 2 aromatic rings. The molecule has 0 aliphatic rings. The maximum atomic E-state index is 13.0. The molecule has 1 aromatic carbocycles. The zero-order chi connectivity index (χ0) is 13.8. The summed E-state index contributed by atoms with van der Waals surface area (Å²) < 4.78 is 13.0. The zero-order valence-electron chi connectivity index (χ0n) is 10.1. The standard InChI is InChI=1S/C13H12ClFN2S2/c1-8(12-3-2-6-19-12)16-13(18)17-9-4-5-11(15)10(14)7-9/h2-8H,1H3,(H2,16,17,18)/t8-/m0/s1. The van der Waals surface area contributed by atoms with E-state index in [1.54, 1.807) is 17.4 Å². The first-order chi connectivity index (χ1) is 9.06. The summed E-state index contributed by atoms with van der Waals surface area (Å²) in [5, 5.41) is 8.70. The molecule has 0 amide bonds. The highest BCUT2D eigenvalue weighted by Crippen LogP contribution is 2.20. The van der Waals surface area contributed by atoms with E-state index in [9.17, 15) is 4.39 Å². The van der Waals surface area contributed by atoms with E-state index in [-0.39, 0.29) is 11.1 Å². The van der Waals surface area contributed by atoms with E-state index in [1.807, 2.05) is 24.4 Å². The third kappa shape index (κ3) is 3.89. The van der Waals surface area contributed by atoms with Gasteiger partial charge in [-0.05, 0) is 48.8 Å². The van der Waals surface area contributed by atoms with E-state index >= 15 is 0 Å². The van der Waals surface area contributed by atoms with Gasteiger partial charge < -0.3 is 10.6 Å². The second kappa shape index (κ2) is 6.32. The molecule has 1 atom stereocenters. The van der Waals surface area contributed by atoms with Gasteiger partial charge in [0.05, 0.1) is 11.1 Å². The van der Waals surface area contributed by atoms with Crippen molar-refractivity contribution in [3.8, 4) is 0 Å². The Kier molecular flexibility index (Phi) is 4.74. The Morgan fingerprint density at radius 1 is 1.42 bits per heavy atom. The van der Waals surface area contributed by atoms with Crippen LogP contribution >= 0.6 is 35.2 Å². The van der Waals surface area contributed by atoms with E-state index in [0.29, 0.717) is 10.8 Å². The van der Waals surface area contributed by atoms with Gasteiger partial charge in [-0.3, -0.25) is 0 Å². The average molecular weight is 315 g/mol. The number of rotatable bonds is 3. The number of halogens is 2. The van der Waals surface area contributed by atoms with Crippen molar-refractivity contribution < 1.29 is 4.39 Å². The number of thiophene rings is 1. The van der Waals surface area contributed by atoms with Crippen molar-refractivity contribution in [3.05, 3.63) is 51.4 Å². The summed E-state index contributed by atoms with van der Waals surface area (Å²) in [5.41, 5.74) is 0.655. The minimum atomic E-state index is -0.446. The van der Waals surface area contributed by atoms with Crippen LogP contribution in [0.5, 0.6) is 0 Å². The van der Waals surface area contributed by atoms with Crippen LogP contribution in [0.15, 0.2) is 35.7 Å². The molecule has 0 bridgehead atoms. The number of thiocarbonyl (C=S) groups is 1. The molecule has 0 aliphatic carbocycles. The molecule has 0 fully saturated rings. The molecule has 0 spiro atoms. The lowest BCUT2D eigenvalue weighted by atomic mass is 10.3. The average Bonchev–Trinajstić information content (AvgIpc) is 2.87. The van der Waals surface area contributed by atoms with E-state index in [4.69, 9.17) is 23.8 Å². The first-order valence-electron chi connectivity index (χ1n) is 5.62. The van der Waals surface area contributed by atoms with Gasteiger partial charge in [0.15, 0.2) is 5.11 Å². The predicted molar refractivity (Wildman–Crippen MR) is 83.5 cm³/mol. The van der Waals surface area contributed by atoms with Crippen LogP contribution < -0.4 is 10.6 Å². The normalized spacial score (nSPS) is 11.9. The van der Waals surface area contributed by atoms with E-state index in [2.05, 4.69) is 10.6 Å². The van der Waals surface area contributed by atoms with E-state index < -0.39 is 5.82 Å². The fourth-order valence-corrected chi connectivity index (χ4v) is 2.76. The number of hydrogen-bond donors (Lipinski definition) is 2. The van der Waals surface area contributed by atoms with Crippen molar-refractivity contribution in [3.63, 3.8) is 0 Å². The second-order valence-electron chi connectivity index (χ2n) is 3.96. The van der Waals surface area contributed by atoms with Crippen molar-refractivity contribution >= 4 is 46.0 Å². The Labute approximate surface area is 125 Å². The zero-order valence-corrected chi connectivity index (χ0v) is 12.5. The Balaban J connectivity index is 1.95. The maximum absolute atomic E-state index is 13.0. The first-order valence-corrected chi connectivity index (χ1v) is 7.29. The molecule has 0 radical (unpaired) electrons. The highest BCUT2D eigenvalue weighted by Gasteiger charge is 2.08. The SMILES string of the molecule is C[C@H](NC(=S)Nc1ccc(F)c(Cl)c1)c1cccs1. The minimum absolute atomic E-state index is 0.0686. The van der Waals surface area contributed by atoms with Crippen molar-refractivity contribution in [2.24, 2.45) is 0 Å². The van der Waals surface area contributed by atoms with Gasteiger partial charge in [-0.25, -0.2) is 4.39 Å². The molecule has 6 heteroatoms. The first kappa shape index (κ1) is 14.2. The molecule has 0 aliphatic heterocycles. The Morgan fingerprint density at radius 3 is 2.84 bits per heavy atom. The van der Waals surface area contributed by atoms with E-state index in [0.717, 1.165) is 0 Å². The summed E-state index contributed by atoms with van der Waals surface area (Å²) in [5.74, 6) is -0.446. The molecule has 2 nitrogen and oxygen atoms in total. The van der Waals surface area contributed by atoms with Crippen LogP contribution in [-0.2, 0) is 0 Å². The summed E-state index contributed by atoms with van der Waals surface area (Å²) in [6.07, 6.45) is 0. The van der Waals surface area contributed by atoms with Crippen molar-refractivity contribution in [1.82, 2.24) is 5.32 Å². The molecule has 0 saturated heterocycles. The van der Waals surface area contributed by atoms with Crippen LogP contribution in [-0.4, -0.2) is 5.11 Å². The monoisotopic (exact) mass is 314 g/mol. The van der Waals surface area contributed by atoms with Gasteiger partial charge in [0.2, 0.25) is 0 Å². The Hall–Kier alpha value is -1.17. The lowest BCUT2D eigenvalue weighted by Gasteiger charge is -2.16. The van der Waals surface area contributed by atoms with Crippen molar-refractivity contribution in [2.75, 3.05) is 5.32 Å². The van der Waals surface area contributed by atoms with Gasteiger partial charge in [-0.2, -0.15) is 0 Å². The van der Waals surface area contributed by atoms with Crippen LogP contribution in [0.3, 0.4) is 0 Å². The van der Waals surface area contributed by atoms with E-state index in [1.165, 1.54) is 17.0 Å². The molecule has 19 heavy (non-hydrogen) atoms. The summed E-state index contributed by atoms with van der Waals surface area (Å²) in [7, 11) is 0. The summed E-state index contributed by atoms with van der Waals surface area (Å²) >= 11 is 12.6. The van der Waals surface area contributed by atoms with Gasteiger partial charge in [0.25, 0.3) is 0 Å². The third-order valence-electron chi connectivity index (χ3n) is 2.50. The smallest absolute Gasteiger partial charge is 0.171 e. The van der Waals surface area contributed by atoms with Gasteiger partial charge in [0.1, 0.15) is 5.82 Å². The molecule has 100 valence electrons. The van der Waals surface area contributed by atoms with Crippen LogP contribution in [0.4, 0.5) is 10.1 Å². The second-order valence-corrected chi connectivity index (χ2v) is 5.76. The molecule has 1 heterocycles. The summed E-state index contributed by atoms with van der Waals surface area (Å²) in [6, 6.07) is 8.55. The van der Waals surface area contributed by atoms with Gasteiger partial charge in [-0.15, -0.1) is 11.3 Å². The third-order valence-corrected chi connectivity index (χ3v) is 4.06. The topological polar surface area (TPSA) is 24.1 Å². The molecule has 2 N–H and O–H groups in total. The lowest BCUT2D eigenvalue weighted by Crippen LogP contribution is -2.30. The number of anilines is 1. The van der Waals surface area contributed by atoms with Crippen LogP contribution in [0.2, 0.25) is 5.02 Å². The molecule has 2 rings (SSSR count). The molecular weight excluding hydrogens is 303 g/mol. The fraction of sp³-hybridized carbons (Fsp3) is 0.154. The quantitative estimate of drug-likeness (QED) is 0.810. The van der Waals surface area contributed by atoms with Gasteiger partial charge >= 0.3 is 0 Å². The van der Waals surface area contributed by atoms with Crippen LogP contribution in [0, 0.1) is 5.82 Å². The summed E-state index contributed by atoms with van der Waals surface area (Å²) in [6.45, 7) is 2.03. The largest absolute Gasteiger partial charge is 0.355 e. The Bertz CT molecular complexity index is 572. The Morgan fingerprint density at radius 2 is 2.21 bits per heavy atom. The molecule has 0 unspecified atom stereocenters. The van der Waals surface area contributed by atoms with Gasteiger partial charge in [0, 0.05) is 10.6 Å². The summed E-state index contributed by atoms with van der Waals surface area (Å²) in [4.78, 5) is 1.20. The van der Waals surface area contributed by atoms with Crippen molar-refractivity contribution in [1.29, 1.82) is 0 Å². The van der Waals surface area contributed by atoms with Gasteiger partial charge in [-0.1, -0.05) is 17.7 Å². The van der Waals surface area contributed by atoms with Crippen LogP contribution in [0.1, 0.15) is 17.8 Å². The number of benzene rings is 1. The number of hydrogen-bond acceptors (Lipinski definition) is 2. The minimum Gasteiger partial charge on any atom is -0.355 e. The highest BCUT2D eigenvalue weighted by molar-refractivity contribution is 7.80. The molecular formula is C13H12ClFN2S2. The lowest BCUT2D eigenvalue weighted by molar-refractivity contribution is 0.628. The number of nitrogens with one attached hydrogen (secondary N) is 2. The molecule has 1 aromatic heterocycles. The predicted octanol–water partition coefficient (Wildman–Crippen LogP) is 4.59.